The van der Waals surface area contributed by atoms with E-state index in [1.807, 2.05) is 23.8 Å². The fraction of sp³-hybridized carbons (Fsp3) is 0.111. The summed E-state index contributed by atoms with van der Waals surface area (Å²) in [6.07, 6.45) is 3.75. The molecule has 3 aromatic rings. The zero-order valence-corrected chi connectivity index (χ0v) is 14.6. The van der Waals surface area contributed by atoms with Crippen LogP contribution >= 0.6 is 11.6 Å². The van der Waals surface area contributed by atoms with Gasteiger partial charge in [-0.15, -0.1) is 10.6 Å². The van der Waals surface area contributed by atoms with Crippen LogP contribution in [0.2, 0.25) is 5.02 Å². The normalized spacial score (nSPS) is 13.3. The Morgan fingerprint density at radius 1 is 1.04 bits per heavy atom. The summed E-state index contributed by atoms with van der Waals surface area (Å²) >= 11 is 6.57. The van der Waals surface area contributed by atoms with E-state index in [1.54, 1.807) is 6.20 Å². The van der Waals surface area contributed by atoms with Crippen LogP contribution in [0.15, 0.2) is 53.9 Å². The number of hydrogen-bond donors (Lipinski definition) is 3. The van der Waals surface area contributed by atoms with Crippen LogP contribution in [-0.2, 0) is 0 Å². The van der Waals surface area contributed by atoms with Gasteiger partial charge in [-0.1, -0.05) is 23.7 Å². The molecule has 4 rings (SSSR count). The molecule has 6 nitrogen and oxygen atoms in total. The third kappa shape index (κ3) is 2.86. The lowest BCUT2D eigenvalue weighted by molar-refractivity contribution is 0.577. The summed E-state index contributed by atoms with van der Waals surface area (Å²) in [6.45, 7) is 4.03. The molecule has 0 unspecified atom stereocenters. The van der Waals surface area contributed by atoms with Gasteiger partial charge in [-0.3, -0.25) is 5.43 Å². The van der Waals surface area contributed by atoms with Gasteiger partial charge in [0.05, 0.1) is 0 Å². The summed E-state index contributed by atoms with van der Waals surface area (Å²) in [4.78, 5) is 4.26. The van der Waals surface area contributed by atoms with Gasteiger partial charge in [0.1, 0.15) is 5.82 Å². The molecular formula is C18H17ClN6. The summed E-state index contributed by atoms with van der Waals surface area (Å²) in [5, 5.41) is 4.81. The van der Waals surface area contributed by atoms with Crippen LogP contribution in [0, 0.1) is 13.8 Å². The van der Waals surface area contributed by atoms with Crippen molar-refractivity contribution in [3.8, 4) is 16.8 Å². The van der Waals surface area contributed by atoms with E-state index in [4.69, 9.17) is 11.6 Å². The van der Waals surface area contributed by atoms with Gasteiger partial charge in [0, 0.05) is 34.2 Å². The third-order valence-corrected chi connectivity index (χ3v) is 4.52. The fourth-order valence-electron chi connectivity index (χ4n) is 3.02. The first-order chi connectivity index (χ1) is 12.1. The molecule has 0 radical (unpaired) electrons. The number of hydrazine groups is 2. The van der Waals surface area contributed by atoms with Crippen LogP contribution in [0.25, 0.3) is 16.8 Å². The maximum Gasteiger partial charge on any atom is 0.170 e. The van der Waals surface area contributed by atoms with E-state index in [9.17, 15) is 0 Å². The maximum atomic E-state index is 6.57. The third-order valence-electron chi connectivity index (χ3n) is 4.23. The molecule has 7 heteroatoms. The molecule has 0 amide bonds. The van der Waals surface area contributed by atoms with E-state index in [0.29, 0.717) is 10.9 Å². The monoisotopic (exact) mass is 352 g/mol. The van der Waals surface area contributed by atoms with Gasteiger partial charge in [0.2, 0.25) is 0 Å². The lowest BCUT2D eigenvalue weighted by atomic mass is 9.97. The molecule has 0 fully saturated rings. The second-order valence-corrected chi connectivity index (χ2v) is 6.27. The standard InChI is InChI=1S/C18H17ClN6/c1-11-9-14(18-21-23-24-22-18)10-16(19)17(11)13-3-5-15(6-4-13)25-8-7-20-12(25)2/h3-10,23-24H,1-2H3,(H,21,22). The summed E-state index contributed by atoms with van der Waals surface area (Å²) < 4.78 is 2.05. The van der Waals surface area contributed by atoms with Crippen LogP contribution < -0.4 is 16.5 Å². The van der Waals surface area contributed by atoms with Gasteiger partial charge in [-0.05, 0) is 49.2 Å². The molecule has 25 heavy (non-hydrogen) atoms. The molecular weight excluding hydrogens is 336 g/mol. The number of imidazole rings is 1. The van der Waals surface area contributed by atoms with Crippen molar-refractivity contribution in [1.82, 2.24) is 26.0 Å². The number of hydrazone groups is 1. The topological polar surface area (TPSA) is 66.3 Å². The first kappa shape index (κ1) is 15.7. The van der Waals surface area contributed by atoms with Crippen molar-refractivity contribution in [3.05, 3.63) is 70.8 Å². The molecule has 0 atom stereocenters. The highest BCUT2D eigenvalue weighted by molar-refractivity contribution is 6.34. The molecule has 0 saturated heterocycles. The number of nitrogens with one attached hydrogen (secondary N) is 3. The van der Waals surface area contributed by atoms with Crippen molar-refractivity contribution < 1.29 is 0 Å². The lowest BCUT2D eigenvalue weighted by Gasteiger charge is -2.13. The molecule has 0 bridgehead atoms. The highest BCUT2D eigenvalue weighted by Crippen LogP contribution is 2.33. The van der Waals surface area contributed by atoms with E-state index in [2.05, 4.69) is 63.8 Å². The number of aromatic nitrogens is 2. The van der Waals surface area contributed by atoms with Gasteiger partial charge in [-0.25, -0.2) is 10.5 Å². The summed E-state index contributed by atoms with van der Waals surface area (Å²) in [5.74, 6) is 1.67. The SMILES string of the molecule is Cc1cc(C2=NNNN2)cc(Cl)c1-c1ccc(-n2ccnc2C)cc1. The Labute approximate surface area is 150 Å². The van der Waals surface area contributed by atoms with Crippen molar-refractivity contribution >= 4 is 17.4 Å². The Morgan fingerprint density at radius 2 is 1.84 bits per heavy atom. The Kier molecular flexibility index (Phi) is 3.91. The minimum Gasteiger partial charge on any atom is -0.304 e. The zero-order valence-electron chi connectivity index (χ0n) is 13.8. The number of halogens is 1. The Bertz CT molecular complexity index is 935. The number of nitrogens with zero attached hydrogens (tertiary/aromatic N) is 3. The summed E-state index contributed by atoms with van der Waals surface area (Å²) in [5.41, 5.74) is 13.5. The second-order valence-electron chi connectivity index (χ2n) is 5.86. The van der Waals surface area contributed by atoms with Gasteiger partial charge in [-0.2, -0.15) is 0 Å². The molecule has 0 spiro atoms. The predicted octanol–water partition coefficient (Wildman–Crippen LogP) is 3.08. The Morgan fingerprint density at radius 3 is 2.44 bits per heavy atom. The van der Waals surface area contributed by atoms with Crippen LogP contribution in [0.5, 0.6) is 0 Å². The predicted molar refractivity (Wildman–Crippen MR) is 99.4 cm³/mol. The molecule has 1 aromatic heterocycles. The maximum absolute atomic E-state index is 6.57. The molecule has 2 heterocycles. The quantitative estimate of drug-likeness (QED) is 0.677. The highest BCUT2D eigenvalue weighted by atomic mass is 35.5. The number of hydrogen-bond acceptors (Lipinski definition) is 5. The first-order valence-corrected chi connectivity index (χ1v) is 8.26. The van der Waals surface area contributed by atoms with Gasteiger partial charge in [0.25, 0.3) is 0 Å². The van der Waals surface area contributed by atoms with E-state index >= 15 is 0 Å². The molecule has 126 valence electrons. The second kappa shape index (κ2) is 6.23. The minimum absolute atomic E-state index is 0.693. The molecule has 1 aliphatic heterocycles. The molecule has 2 aromatic carbocycles. The van der Waals surface area contributed by atoms with E-state index < -0.39 is 0 Å². The van der Waals surface area contributed by atoms with Crippen LogP contribution in [0.1, 0.15) is 17.0 Å². The van der Waals surface area contributed by atoms with Gasteiger partial charge in [0.15, 0.2) is 5.84 Å². The van der Waals surface area contributed by atoms with E-state index in [1.165, 1.54) is 0 Å². The smallest absolute Gasteiger partial charge is 0.170 e. The molecule has 3 N–H and O–H groups in total. The number of benzene rings is 2. The number of aryl methyl sites for hydroxylation is 2. The Balaban J connectivity index is 1.71. The largest absolute Gasteiger partial charge is 0.304 e. The average Bonchev–Trinajstić information content (AvgIpc) is 3.26. The summed E-state index contributed by atoms with van der Waals surface area (Å²) in [6, 6.07) is 12.3. The number of rotatable bonds is 3. The van der Waals surface area contributed by atoms with Crippen LogP contribution in [0.3, 0.4) is 0 Å². The molecule has 1 aliphatic rings. The van der Waals surface area contributed by atoms with Crippen molar-refractivity contribution in [2.75, 3.05) is 0 Å². The van der Waals surface area contributed by atoms with E-state index in [-0.39, 0.29) is 0 Å². The molecule has 0 saturated carbocycles. The van der Waals surface area contributed by atoms with Crippen LogP contribution in [0.4, 0.5) is 0 Å². The van der Waals surface area contributed by atoms with Crippen molar-refractivity contribution in [2.45, 2.75) is 13.8 Å². The Hall–Kier alpha value is -2.83. The number of amidine groups is 1. The fourth-order valence-corrected chi connectivity index (χ4v) is 3.40. The van der Waals surface area contributed by atoms with E-state index in [0.717, 1.165) is 33.8 Å². The van der Waals surface area contributed by atoms with Crippen molar-refractivity contribution in [3.63, 3.8) is 0 Å². The summed E-state index contributed by atoms with van der Waals surface area (Å²) in [7, 11) is 0. The highest BCUT2D eigenvalue weighted by Gasteiger charge is 2.14. The minimum atomic E-state index is 0.693. The first-order valence-electron chi connectivity index (χ1n) is 7.88. The van der Waals surface area contributed by atoms with Crippen molar-refractivity contribution in [2.24, 2.45) is 5.10 Å². The van der Waals surface area contributed by atoms with Gasteiger partial charge >= 0.3 is 0 Å². The van der Waals surface area contributed by atoms with Crippen molar-refractivity contribution in [1.29, 1.82) is 0 Å². The van der Waals surface area contributed by atoms with Crippen LogP contribution in [-0.4, -0.2) is 15.4 Å². The van der Waals surface area contributed by atoms with Gasteiger partial charge < -0.3 is 4.57 Å². The lowest BCUT2D eigenvalue weighted by Crippen LogP contribution is -2.35. The average molecular weight is 353 g/mol. The zero-order chi connectivity index (χ0) is 17.4. The molecule has 0 aliphatic carbocycles.